The lowest BCUT2D eigenvalue weighted by Crippen LogP contribution is -2.13. The number of rotatable bonds is 17. The number of ether oxygens (including phenoxy) is 1. The van der Waals surface area contributed by atoms with E-state index < -0.39 is 6.10 Å². The van der Waals surface area contributed by atoms with E-state index >= 15 is 0 Å². The maximum atomic E-state index is 11.8. The van der Waals surface area contributed by atoms with Crippen molar-refractivity contribution in [1.29, 1.82) is 0 Å². The van der Waals surface area contributed by atoms with Crippen molar-refractivity contribution in [3.05, 3.63) is 0 Å². The predicted octanol–water partition coefficient (Wildman–Crippen LogP) is 4.96. The SMILES string of the molecule is CCCCCCCC(=O)CC(O)CCCCCCCCC(=O)OC. The van der Waals surface area contributed by atoms with E-state index in [9.17, 15) is 14.7 Å². The molecule has 0 aliphatic heterocycles. The van der Waals surface area contributed by atoms with Gasteiger partial charge in [0, 0.05) is 19.3 Å². The van der Waals surface area contributed by atoms with Crippen molar-refractivity contribution in [2.45, 2.75) is 109 Å². The highest BCUT2D eigenvalue weighted by Gasteiger charge is 2.10. The number of unbranched alkanes of at least 4 members (excludes halogenated alkanes) is 9. The first kappa shape index (κ1) is 23.1. The first-order valence-corrected chi connectivity index (χ1v) is 9.86. The smallest absolute Gasteiger partial charge is 0.305 e. The molecule has 4 nitrogen and oxygen atoms in total. The Morgan fingerprint density at radius 3 is 2.00 bits per heavy atom. The van der Waals surface area contributed by atoms with Gasteiger partial charge in [-0.05, 0) is 19.3 Å². The van der Waals surface area contributed by atoms with Gasteiger partial charge in [-0.1, -0.05) is 64.7 Å². The van der Waals surface area contributed by atoms with E-state index in [1.165, 1.54) is 26.4 Å². The average molecular weight is 343 g/mol. The summed E-state index contributed by atoms with van der Waals surface area (Å²) in [5.41, 5.74) is 0. The quantitative estimate of drug-likeness (QED) is 0.300. The van der Waals surface area contributed by atoms with E-state index in [-0.39, 0.29) is 11.8 Å². The van der Waals surface area contributed by atoms with Crippen LogP contribution in [0.3, 0.4) is 0 Å². The summed E-state index contributed by atoms with van der Waals surface area (Å²) in [7, 11) is 1.42. The summed E-state index contributed by atoms with van der Waals surface area (Å²) >= 11 is 0. The van der Waals surface area contributed by atoms with Gasteiger partial charge < -0.3 is 9.84 Å². The van der Waals surface area contributed by atoms with E-state index in [0.717, 1.165) is 57.8 Å². The van der Waals surface area contributed by atoms with Crippen LogP contribution in [0, 0.1) is 0 Å². The highest BCUT2D eigenvalue weighted by atomic mass is 16.5. The molecule has 24 heavy (non-hydrogen) atoms. The fourth-order valence-electron chi connectivity index (χ4n) is 2.85. The van der Waals surface area contributed by atoms with Gasteiger partial charge in [-0.2, -0.15) is 0 Å². The summed E-state index contributed by atoms with van der Waals surface area (Å²) in [6, 6.07) is 0. The van der Waals surface area contributed by atoms with Crippen LogP contribution in [0.2, 0.25) is 0 Å². The lowest BCUT2D eigenvalue weighted by Gasteiger charge is -2.09. The average Bonchev–Trinajstić information content (AvgIpc) is 2.56. The third kappa shape index (κ3) is 16.0. The van der Waals surface area contributed by atoms with Gasteiger partial charge in [-0.25, -0.2) is 0 Å². The largest absolute Gasteiger partial charge is 0.469 e. The number of carbonyl (C=O) groups excluding carboxylic acids is 2. The van der Waals surface area contributed by atoms with E-state index in [1.807, 2.05) is 0 Å². The second-order valence-electron chi connectivity index (χ2n) is 6.80. The standard InChI is InChI=1S/C20H38O4/c1-3-4-5-8-11-14-18(21)17-19(22)15-12-9-6-7-10-13-16-20(23)24-2/h19,22H,3-17H2,1-2H3. The van der Waals surface area contributed by atoms with Crippen molar-refractivity contribution in [2.75, 3.05) is 7.11 Å². The van der Waals surface area contributed by atoms with Gasteiger partial charge in [-0.15, -0.1) is 0 Å². The Balaban J connectivity index is 3.38. The van der Waals surface area contributed by atoms with Gasteiger partial charge in [0.15, 0.2) is 0 Å². The highest BCUT2D eigenvalue weighted by molar-refractivity contribution is 5.78. The Morgan fingerprint density at radius 1 is 0.833 bits per heavy atom. The second-order valence-corrected chi connectivity index (χ2v) is 6.80. The number of Topliss-reactive ketones (excluding diaryl/α,β-unsaturated/α-hetero) is 1. The minimum atomic E-state index is -0.465. The summed E-state index contributed by atoms with van der Waals surface area (Å²) in [5.74, 6) is 0.0787. The molecule has 4 heteroatoms. The Bertz CT molecular complexity index is 315. The zero-order valence-electron chi connectivity index (χ0n) is 15.9. The molecule has 0 amide bonds. The molecule has 0 radical (unpaired) electrons. The molecule has 1 atom stereocenters. The summed E-state index contributed by atoms with van der Waals surface area (Å²) in [6.07, 6.45) is 13.7. The minimum Gasteiger partial charge on any atom is -0.469 e. The normalized spacial score (nSPS) is 12.1. The van der Waals surface area contributed by atoms with Gasteiger partial charge in [-0.3, -0.25) is 9.59 Å². The van der Waals surface area contributed by atoms with Crippen LogP contribution in [0.15, 0.2) is 0 Å². The van der Waals surface area contributed by atoms with Crippen LogP contribution < -0.4 is 0 Å². The summed E-state index contributed by atoms with van der Waals surface area (Å²) in [4.78, 5) is 22.7. The maximum Gasteiger partial charge on any atom is 0.305 e. The fourth-order valence-corrected chi connectivity index (χ4v) is 2.85. The molecule has 0 aromatic carbocycles. The number of aliphatic hydroxyl groups excluding tert-OH is 1. The second kappa shape index (κ2) is 16.9. The molecule has 0 aliphatic carbocycles. The number of carbonyl (C=O) groups is 2. The first-order chi connectivity index (χ1) is 11.6. The molecule has 0 aromatic heterocycles. The molecular weight excluding hydrogens is 304 g/mol. The monoisotopic (exact) mass is 342 g/mol. The van der Waals surface area contributed by atoms with E-state index in [4.69, 9.17) is 0 Å². The Labute approximate surface area is 148 Å². The molecule has 0 heterocycles. The van der Waals surface area contributed by atoms with Crippen molar-refractivity contribution in [3.63, 3.8) is 0 Å². The molecule has 1 N–H and O–H groups in total. The molecule has 0 fully saturated rings. The molecule has 0 spiro atoms. The maximum absolute atomic E-state index is 11.8. The summed E-state index contributed by atoms with van der Waals surface area (Å²) < 4.78 is 4.60. The predicted molar refractivity (Wildman–Crippen MR) is 98.0 cm³/mol. The van der Waals surface area contributed by atoms with Crippen LogP contribution in [-0.2, 0) is 14.3 Å². The van der Waals surface area contributed by atoms with Gasteiger partial charge >= 0.3 is 5.97 Å². The zero-order chi connectivity index (χ0) is 18.0. The Kier molecular flexibility index (Phi) is 16.3. The Hall–Kier alpha value is -0.900. The van der Waals surface area contributed by atoms with E-state index in [2.05, 4.69) is 11.7 Å². The molecule has 0 rings (SSSR count). The van der Waals surface area contributed by atoms with Crippen molar-refractivity contribution in [1.82, 2.24) is 0 Å². The topological polar surface area (TPSA) is 63.6 Å². The number of esters is 1. The van der Waals surface area contributed by atoms with Crippen molar-refractivity contribution >= 4 is 11.8 Å². The van der Waals surface area contributed by atoms with Gasteiger partial charge in [0.1, 0.15) is 5.78 Å². The van der Waals surface area contributed by atoms with Crippen molar-refractivity contribution in [2.24, 2.45) is 0 Å². The first-order valence-electron chi connectivity index (χ1n) is 9.86. The Morgan fingerprint density at radius 2 is 1.38 bits per heavy atom. The third-order valence-corrected chi connectivity index (χ3v) is 4.42. The summed E-state index contributed by atoms with van der Waals surface area (Å²) in [5, 5.41) is 9.92. The lowest BCUT2D eigenvalue weighted by atomic mass is 10.0. The molecule has 142 valence electrons. The van der Waals surface area contributed by atoms with Crippen LogP contribution in [-0.4, -0.2) is 30.1 Å². The third-order valence-electron chi connectivity index (χ3n) is 4.42. The molecular formula is C20H38O4. The number of methoxy groups -OCH3 is 1. The minimum absolute atomic E-state index is 0.131. The number of hydrogen-bond acceptors (Lipinski definition) is 4. The van der Waals surface area contributed by atoms with Crippen LogP contribution in [0.1, 0.15) is 103 Å². The molecule has 0 bridgehead atoms. The van der Waals surface area contributed by atoms with Gasteiger partial charge in [0.05, 0.1) is 13.2 Å². The fraction of sp³-hybridized carbons (Fsp3) is 0.900. The number of hydrogen-bond donors (Lipinski definition) is 1. The van der Waals surface area contributed by atoms with Crippen LogP contribution >= 0.6 is 0 Å². The number of ketones is 1. The van der Waals surface area contributed by atoms with Crippen LogP contribution in [0.25, 0.3) is 0 Å². The van der Waals surface area contributed by atoms with E-state index in [1.54, 1.807) is 0 Å². The molecule has 1 unspecified atom stereocenters. The lowest BCUT2D eigenvalue weighted by molar-refractivity contribution is -0.140. The van der Waals surface area contributed by atoms with Crippen LogP contribution in [0.4, 0.5) is 0 Å². The molecule has 0 aliphatic rings. The van der Waals surface area contributed by atoms with Gasteiger partial charge in [0.2, 0.25) is 0 Å². The van der Waals surface area contributed by atoms with Crippen LogP contribution in [0.5, 0.6) is 0 Å². The zero-order valence-corrected chi connectivity index (χ0v) is 15.9. The molecule has 0 saturated carbocycles. The van der Waals surface area contributed by atoms with Crippen molar-refractivity contribution in [3.8, 4) is 0 Å². The highest BCUT2D eigenvalue weighted by Crippen LogP contribution is 2.13. The summed E-state index contributed by atoms with van der Waals surface area (Å²) in [6.45, 7) is 2.18. The molecule has 0 saturated heterocycles. The number of aliphatic hydroxyl groups is 1. The van der Waals surface area contributed by atoms with Gasteiger partial charge in [0.25, 0.3) is 0 Å². The van der Waals surface area contributed by atoms with Crippen molar-refractivity contribution < 1.29 is 19.4 Å². The van der Waals surface area contributed by atoms with E-state index in [0.29, 0.717) is 19.3 Å². The molecule has 0 aromatic rings.